The summed E-state index contributed by atoms with van der Waals surface area (Å²) in [4.78, 5) is 2.37. The second-order valence-electron chi connectivity index (χ2n) is 11.7. The van der Waals surface area contributed by atoms with Gasteiger partial charge in [-0.3, -0.25) is 0 Å². The Labute approximate surface area is 258 Å². The number of furan rings is 2. The molecule has 3 nitrogen and oxygen atoms in total. The maximum atomic E-state index is 6.37. The highest BCUT2D eigenvalue weighted by Crippen LogP contribution is 2.47. The van der Waals surface area contributed by atoms with Gasteiger partial charge in [-0.15, -0.1) is 0 Å². The van der Waals surface area contributed by atoms with Crippen LogP contribution in [-0.2, 0) is 0 Å². The zero-order valence-electron chi connectivity index (χ0n) is 24.2. The van der Waals surface area contributed by atoms with Crippen molar-refractivity contribution in [3.63, 3.8) is 0 Å². The summed E-state index contributed by atoms with van der Waals surface area (Å²) in [5.41, 5.74) is 6.66. The smallest absolute Gasteiger partial charge is 0.137 e. The fraction of sp³-hybridized carbons (Fsp3) is 0. The Bertz CT molecular complexity index is 2670. The number of anilines is 3. The van der Waals surface area contributed by atoms with Crippen molar-refractivity contribution in [1.82, 2.24) is 0 Å². The van der Waals surface area contributed by atoms with Crippen LogP contribution < -0.4 is 4.90 Å². The summed E-state index contributed by atoms with van der Waals surface area (Å²) in [6.07, 6.45) is 0. The van der Waals surface area contributed by atoms with Gasteiger partial charge < -0.3 is 13.7 Å². The predicted molar refractivity (Wildman–Crippen MR) is 188 cm³/mol. The summed E-state index contributed by atoms with van der Waals surface area (Å²) in [5, 5.41) is 11.8. The monoisotopic (exact) mass is 575 g/mol. The third-order valence-corrected chi connectivity index (χ3v) is 9.19. The molecule has 3 heteroatoms. The topological polar surface area (TPSA) is 29.5 Å². The van der Waals surface area contributed by atoms with E-state index < -0.39 is 0 Å². The van der Waals surface area contributed by atoms with Crippen LogP contribution in [0.25, 0.3) is 76.2 Å². The molecule has 0 saturated carbocycles. The highest BCUT2D eigenvalue weighted by atomic mass is 16.3. The lowest BCUT2D eigenvalue weighted by Gasteiger charge is -2.27. The van der Waals surface area contributed by atoms with Crippen molar-refractivity contribution in [2.75, 3.05) is 4.90 Å². The Hall–Kier alpha value is -6.06. The van der Waals surface area contributed by atoms with Gasteiger partial charge in [-0.2, -0.15) is 0 Å². The lowest BCUT2D eigenvalue weighted by molar-refractivity contribution is 0.668. The first kappa shape index (κ1) is 24.4. The molecule has 0 N–H and O–H groups in total. The van der Waals surface area contributed by atoms with Crippen LogP contribution >= 0.6 is 0 Å². The SMILES string of the molecule is c1ccc2c(c1)ccc1cc3cc(N(c4cccc5oc6ccccc6c45)c4cccc5oc6ccccc6c45)ccc3cc12. The van der Waals surface area contributed by atoms with Gasteiger partial charge in [0.15, 0.2) is 0 Å². The highest BCUT2D eigenvalue weighted by molar-refractivity contribution is 6.18. The Balaban J connectivity index is 1.29. The van der Waals surface area contributed by atoms with E-state index in [0.717, 1.165) is 60.9 Å². The quantitative estimate of drug-likeness (QED) is 0.155. The van der Waals surface area contributed by atoms with Crippen LogP contribution in [0.3, 0.4) is 0 Å². The molecule has 0 spiro atoms. The summed E-state index contributed by atoms with van der Waals surface area (Å²) in [5.74, 6) is 0. The fourth-order valence-electron chi connectivity index (χ4n) is 7.17. The van der Waals surface area contributed by atoms with Gasteiger partial charge in [-0.25, -0.2) is 0 Å². The van der Waals surface area contributed by atoms with E-state index in [1.807, 2.05) is 24.3 Å². The van der Waals surface area contributed by atoms with E-state index in [-0.39, 0.29) is 0 Å². The number of nitrogens with zero attached hydrogens (tertiary/aromatic N) is 1. The molecule has 8 aromatic carbocycles. The number of hydrogen-bond acceptors (Lipinski definition) is 3. The molecule has 0 unspecified atom stereocenters. The molecule has 2 heterocycles. The van der Waals surface area contributed by atoms with Gasteiger partial charge in [0.25, 0.3) is 0 Å². The van der Waals surface area contributed by atoms with Crippen molar-refractivity contribution in [3.05, 3.63) is 152 Å². The van der Waals surface area contributed by atoms with Crippen LogP contribution in [0, 0.1) is 0 Å². The lowest BCUT2D eigenvalue weighted by Crippen LogP contribution is -2.10. The Morgan fingerprint density at radius 1 is 0.333 bits per heavy atom. The number of fused-ring (bicyclic) bond motifs is 10. The molecule has 0 radical (unpaired) electrons. The number of hydrogen-bond donors (Lipinski definition) is 0. The van der Waals surface area contributed by atoms with Crippen molar-refractivity contribution in [2.24, 2.45) is 0 Å². The fourth-order valence-corrected chi connectivity index (χ4v) is 7.17. The molecule has 2 aromatic heterocycles. The van der Waals surface area contributed by atoms with Crippen LogP contribution in [-0.4, -0.2) is 0 Å². The van der Waals surface area contributed by atoms with Gasteiger partial charge in [0.05, 0.1) is 22.1 Å². The van der Waals surface area contributed by atoms with Crippen molar-refractivity contribution in [2.45, 2.75) is 0 Å². The van der Waals surface area contributed by atoms with Crippen LogP contribution in [0.5, 0.6) is 0 Å². The van der Waals surface area contributed by atoms with Gasteiger partial charge in [-0.05, 0) is 93.0 Å². The average molecular weight is 576 g/mol. The lowest BCUT2D eigenvalue weighted by atomic mass is 9.97. The normalized spacial score (nSPS) is 12.0. The summed E-state index contributed by atoms with van der Waals surface area (Å²) < 4.78 is 12.7. The van der Waals surface area contributed by atoms with Gasteiger partial charge in [0, 0.05) is 16.5 Å². The summed E-state index contributed by atoms with van der Waals surface area (Å²) in [6.45, 7) is 0. The minimum absolute atomic E-state index is 0.863. The Morgan fingerprint density at radius 2 is 0.889 bits per heavy atom. The van der Waals surface area contributed by atoms with E-state index in [0.29, 0.717) is 0 Å². The number of rotatable bonds is 3. The minimum Gasteiger partial charge on any atom is -0.456 e. The molecule has 0 fully saturated rings. The molecule has 10 aromatic rings. The van der Waals surface area contributed by atoms with Crippen molar-refractivity contribution in [3.8, 4) is 0 Å². The molecular weight excluding hydrogens is 550 g/mol. The minimum atomic E-state index is 0.863. The molecule has 0 aliphatic heterocycles. The van der Waals surface area contributed by atoms with E-state index in [2.05, 4.69) is 132 Å². The summed E-state index contributed by atoms with van der Waals surface area (Å²) in [7, 11) is 0. The maximum Gasteiger partial charge on any atom is 0.137 e. The first-order valence-corrected chi connectivity index (χ1v) is 15.3. The number of benzene rings is 8. The van der Waals surface area contributed by atoms with E-state index in [9.17, 15) is 0 Å². The standard InChI is InChI=1S/C42H25NO2/c1-2-10-31-26(9-1)19-20-28-23-29-24-30(22-21-27(29)25-34(28)31)43(35-13-7-17-39-41(35)32-11-3-5-15-37(32)44-39)36-14-8-18-40-42(36)33-12-4-6-16-38(33)45-40/h1-25H. The van der Waals surface area contributed by atoms with Crippen LogP contribution in [0.15, 0.2) is 160 Å². The van der Waals surface area contributed by atoms with Crippen LogP contribution in [0.4, 0.5) is 17.1 Å². The average Bonchev–Trinajstić information content (AvgIpc) is 3.67. The third-order valence-electron chi connectivity index (χ3n) is 9.19. The zero-order valence-corrected chi connectivity index (χ0v) is 24.2. The first-order valence-electron chi connectivity index (χ1n) is 15.3. The third kappa shape index (κ3) is 3.58. The molecule has 210 valence electrons. The van der Waals surface area contributed by atoms with Crippen LogP contribution in [0.1, 0.15) is 0 Å². The van der Waals surface area contributed by atoms with Gasteiger partial charge in [-0.1, -0.05) is 91.0 Å². The van der Waals surface area contributed by atoms with Gasteiger partial charge >= 0.3 is 0 Å². The highest BCUT2D eigenvalue weighted by Gasteiger charge is 2.23. The summed E-state index contributed by atoms with van der Waals surface area (Å²) >= 11 is 0. The maximum absolute atomic E-state index is 6.37. The first-order chi connectivity index (χ1) is 22.3. The Kier molecular flexibility index (Phi) is 5.00. The van der Waals surface area contributed by atoms with E-state index >= 15 is 0 Å². The number of para-hydroxylation sites is 2. The molecule has 0 atom stereocenters. The van der Waals surface area contributed by atoms with E-state index in [1.54, 1.807) is 0 Å². The van der Waals surface area contributed by atoms with Crippen molar-refractivity contribution < 1.29 is 8.83 Å². The molecule has 0 saturated heterocycles. The summed E-state index contributed by atoms with van der Waals surface area (Å²) in [6, 6.07) is 53.8. The molecule has 0 aliphatic carbocycles. The molecule has 0 bridgehead atoms. The molecule has 10 rings (SSSR count). The molecule has 45 heavy (non-hydrogen) atoms. The van der Waals surface area contributed by atoms with E-state index in [4.69, 9.17) is 8.83 Å². The Morgan fingerprint density at radius 3 is 1.58 bits per heavy atom. The van der Waals surface area contributed by atoms with Crippen LogP contribution in [0.2, 0.25) is 0 Å². The van der Waals surface area contributed by atoms with Crippen molar-refractivity contribution >= 4 is 93.3 Å². The second kappa shape index (κ2) is 9.22. The van der Waals surface area contributed by atoms with Crippen molar-refractivity contribution in [1.29, 1.82) is 0 Å². The molecular formula is C42H25NO2. The molecule has 0 aliphatic rings. The van der Waals surface area contributed by atoms with Gasteiger partial charge in [0.1, 0.15) is 22.3 Å². The van der Waals surface area contributed by atoms with Gasteiger partial charge in [0.2, 0.25) is 0 Å². The second-order valence-corrected chi connectivity index (χ2v) is 11.7. The largest absolute Gasteiger partial charge is 0.456 e. The zero-order chi connectivity index (χ0) is 29.5. The molecule has 0 amide bonds. The predicted octanol–water partition coefficient (Wildman–Crippen LogP) is 12.4. The van der Waals surface area contributed by atoms with E-state index in [1.165, 1.54) is 32.3 Å².